The lowest BCUT2D eigenvalue weighted by atomic mass is 10.2. The van der Waals surface area contributed by atoms with Crippen molar-refractivity contribution in [2.75, 3.05) is 28.6 Å². The van der Waals surface area contributed by atoms with Crippen molar-refractivity contribution >= 4 is 23.1 Å². The molecule has 7 heteroatoms. The van der Waals surface area contributed by atoms with Crippen LogP contribution in [0.5, 0.6) is 0 Å². The van der Waals surface area contributed by atoms with E-state index in [0.717, 1.165) is 24.3 Å². The predicted molar refractivity (Wildman–Crippen MR) is 105 cm³/mol. The zero-order chi connectivity index (χ0) is 18.2. The topological polar surface area (TPSA) is 78.9 Å². The molecule has 2 heterocycles. The standard InChI is InChI=1S/C19H23N7/c1-3-26(4-2)17-7-5-16(6-8-17)23-18-14-22-25-19(24-18)21-13-15-9-11-20-12-10-15/h5-12,14H,3-4,13H2,1-2H3,(H2,21,23,24,25). The summed E-state index contributed by atoms with van der Waals surface area (Å²) >= 11 is 0. The summed E-state index contributed by atoms with van der Waals surface area (Å²) in [4.78, 5) is 10.8. The highest BCUT2D eigenvalue weighted by molar-refractivity contribution is 5.60. The Kier molecular flexibility index (Phi) is 5.92. The third-order valence-electron chi connectivity index (χ3n) is 4.03. The second kappa shape index (κ2) is 8.75. The van der Waals surface area contributed by atoms with Crippen LogP contribution in [-0.4, -0.2) is 33.3 Å². The molecule has 7 nitrogen and oxygen atoms in total. The van der Waals surface area contributed by atoms with E-state index in [1.807, 2.05) is 24.3 Å². The molecule has 0 fully saturated rings. The van der Waals surface area contributed by atoms with E-state index in [1.165, 1.54) is 5.69 Å². The van der Waals surface area contributed by atoms with Gasteiger partial charge in [0.2, 0.25) is 5.95 Å². The molecule has 3 rings (SSSR count). The minimum Gasteiger partial charge on any atom is -0.372 e. The number of benzene rings is 1. The van der Waals surface area contributed by atoms with Gasteiger partial charge in [-0.2, -0.15) is 10.1 Å². The highest BCUT2D eigenvalue weighted by Crippen LogP contribution is 2.20. The first-order chi connectivity index (χ1) is 12.8. The molecule has 0 aliphatic carbocycles. The van der Waals surface area contributed by atoms with Crippen molar-refractivity contribution in [3.63, 3.8) is 0 Å². The molecule has 0 spiro atoms. The third-order valence-corrected chi connectivity index (χ3v) is 4.03. The molecule has 0 radical (unpaired) electrons. The fourth-order valence-electron chi connectivity index (χ4n) is 2.61. The van der Waals surface area contributed by atoms with Gasteiger partial charge in [-0.05, 0) is 55.8 Å². The molecular weight excluding hydrogens is 326 g/mol. The van der Waals surface area contributed by atoms with Crippen LogP contribution < -0.4 is 15.5 Å². The van der Waals surface area contributed by atoms with Gasteiger partial charge in [0.05, 0.1) is 6.20 Å². The molecule has 2 N–H and O–H groups in total. The van der Waals surface area contributed by atoms with Gasteiger partial charge in [0, 0.05) is 43.4 Å². The van der Waals surface area contributed by atoms with Gasteiger partial charge in [-0.1, -0.05) is 0 Å². The highest BCUT2D eigenvalue weighted by atomic mass is 15.3. The second-order valence-electron chi connectivity index (χ2n) is 5.72. The van der Waals surface area contributed by atoms with Crippen molar-refractivity contribution < 1.29 is 0 Å². The Labute approximate surface area is 153 Å². The SMILES string of the molecule is CCN(CC)c1ccc(Nc2cnnc(NCc3ccncc3)n2)cc1. The van der Waals surface area contributed by atoms with Crippen LogP contribution in [0, 0.1) is 0 Å². The largest absolute Gasteiger partial charge is 0.372 e. The minimum absolute atomic E-state index is 0.478. The molecule has 1 aromatic carbocycles. The maximum atomic E-state index is 4.45. The van der Waals surface area contributed by atoms with Crippen LogP contribution in [0.25, 0.3) is 0 Å². The molecule has 26 heavy (non-hydrogen) atoms. The summed E-state index contributed by atoms with van der Waals surface area (Å²) in [6.45, 7) is 6.91. The molecule has 0 atom stereocenters. The Bertz CT molecular complexity index is 802. The average Bonchev–Trinajstić information content (AvgIpc) is 2.70. The highest BCUT2D eigenvalue weighted by Gasteiger charge is 2.04. The first kappa shape index (κ1) is 17.6. The number of nitrogens with zero attached hydrogens (tertiary/aromatic N) is 5. The van der Waals surface area contributed by atoms with Gasteiger partial charge < -0.3 is 15.5 Å². The number of anilines is 4. The number of rotatable bonds is 8. The van der Waals surface area contributed by atoms with Crippen LogP contribution in [0.1, 0.15) is 19.4 Å². The number of hydrogen-bond acceptors (Lipinski definition) is 7. The molecule has 0 saturated carbocycles. The van der Waals surface area contributed by atoms with E-state index in [0.29, 0.717) is 18.3 Å². The van der Waals surface area contributed by atoms with Gasteiger partial charge in [0.15, 0.2) is 5.82 Å². The Morgan fingerprint density at radius 1 is 0.962 bits per heavy atom. The van der Waals surface area contributed by atoms with Crippen molar-refractivity contribution in [3.8, 4) is 0 Å². The summed E-state index contributed by atoms with van der Waals surface area (Å²) in [5.74, 6) is 1.12. The van der Waals surface area contributed by atoms with E-state index in [2.05, 4.69) is 61.7 Å². The van der Waals surface area contributed by atoms with Crippen molar-refractivity contribution in [1.29, 1.82) is 0 Å². The monoisotopic (exact) mass is 349 g/mol. The minimum atomic E-state index is 0.478. The van der Waals surface area contributed by atoms with Crippen LogP contribution in [0.15, 0.2) is 55.0 Å². The summed E-state index contributed by atoms with van der Waals surface area (Å²) < 4.78 is 0. The molecule has 0 aliphatic rings. The smallest absolute Gasteiger partial charge is 0.244 e. The van der Waals surface area contributed by atoms with E-state index < -0.39 is 0 Å². The third kappa shape index (κ3) is 4.66. The number of aromatic nitrogens is 4. The first-order valence-corrected chi connectivity index (χ1v) is 8.73. The molecule has 0 bridgehead atoms. The molecule has 2 aromatic heterocycles. The van der Waals surface area contributed by atoms with Gasteiger partial charge >= 0.3 is 0 Å². The second-order valence-corrected chi connectivity index (χ2v) is 5.72. The molecular formula is C19H23N7. The van der Waals surface area contributed by atoms with E-state index in [4.69, 9.17) is 0 Å². The van der Waals surface area contributed by atoms with Gasteiger partial charge in [0.1, 0.15) is 0 Å². The normalized spacial score (nSPS) is 10.4. The summed E-state index contributed by atoms with van der Waals surface area (Å²) in [5, 5.41) is 14.5. The van der Waals surface area contributed by atoms with E-state index in [1.54, 1.807) is 18.6 Å². The van der Waals surface area contributed by atoms with Crippen LogP contribution in [-0.2, 0) is 6.54 Å². The van der Waals surface area contributed by atoms with Crippen molar-refractivity contribution in [2.45, 2.75) is 20.4 Å². The first-order valence-electron chi connectivity index (χ1n) is 8.73. The van der Waals surface area contributed by atoms with E-state index >= 15 is 0 Å². The number of nitrogens with one attached hydrogen (secondary N) is 2. The van der Waals surface area contributed by atoms with Gasteiger partial charge in [-0.15, -0.1) is 5.10 Å². The quantitative estimate of drug-likeness (QED) is 0.644. The lowest BCUT2D eigenvalue weighted by molar-refractivity contribution is 0.866. The van der Waals surface area contributed by atoms with Gasteiger partial charge in [-0.3, -0.25) is 4.98 Å². The van der Waals surface area contributed by atoms with Crippen LogP contribution in [0.2, 0.25) is 0 Å². The summed E-state index contributed by atoms with van der Waals surface area (Å²) in [7, 11) is 0. The average molecular weight is 349 g/mol. The zero-order valence-corrected chi connectivity index (χ0v) is 15.1. The predicted octanol–water partition coefficient (Wildman–Crippen LogP) is 3.47. The molecule has 0 aliphatic heterocycles. The van der Waals surface area contributed by atoms with Crippen LogP contribution in [0.3, 0.4) is 0 Å². The van der Waals surface area contributed by atoms with Gasteiger partial charge in [-0.25, -0.2) is 0 Å². The fraction of sp³-hybridized carbons (Fsp3) is 0.263. The summed E-state index contributed by atoms with van der Waals surface area (Å²) in [5.41, 5.74) is 3.27. The van der Waals surface area contributed by atoms with Crippen molar-refractivity contribution in [1.82, 2.24) is 20.2 Å². The maximum absolute atomic E-state index is 4.45. The molecule has 3 aromatic rings. The number of hydrogen-bond donors (Lipinski definition) is 2. The Hall–Kier alpha value is -3.22. The van der Waals surface area contributed by atoms with Crippen molar-refractivity contribution in [3.05, 3.63) is 60.6 Å². The Balaban J connectivity index is 1.63. The lowest BCUT2D eigenvalue weighted by Crippen LogP contribution is -2.21. The van der Waals surface area contributed by atoms with Crippen LogP contribution >= 0.6 is 0 Å². The van der Waals surface area contributed by atoms with Crippen molar-refractivity contribution in [2.24, 2.45) is 0 Å². The van der Waals surface area contributed by atoms with E-state index in [-0.39, 0.29) is 0 Å². The maximum Gasteiger partial charge on any atom is 0.244 e. The Morgan fingerprint density at radius 3 is 2.38 bits per heavy atom. The number of pyridine rings is 1. The molecule has 0 saturated heterocycles. The molecule has 134 valence electrons. The zero-order valence-electron chi connectivity index (χ0n) is 15.1. The van der Waals surface area contributed by atoms with E-state index in [9.17, 15) is 0 Å². The van der Waals surface area contributed by atoms with Gasteiger partial charge in [0.25, 0.3) is 0 Å². The lowest BCUT2D eigenvalue weighted by Gasteiger charge is -2.21. The molecule has 0 unspecified atom stereocenters. The summed E-state index contributed by atoms with van der Waals surface area (Å²) in [6.07, 6.45) is 5.13. The molecule has 0 amide bonds. The Morgan fingerprint density at radius 2 is 1.69 bits per heavy atom. The fourth-order valence-corrected chi connectivity index (χ4v) is 2.61. The van der Waals surface area contributed by atoms with Crippen LogP contribution in [0.4, 0.5) is 23.1 Å². The summed E-state index contributed by atoms with van der Waals surface area (Å²) in [6, 6.07) is 12.2.